The summed E-state index contributed by atoms with van der Waals surface area (Å²) in [6.07, 6.45) is 1.96. The molecular formula is C21H32N2O3. The van der Waals surface area contributed by atoms with Crippen LogP contribution >= 0.6 is 0 Å². The summed E-state index contributed by atoms with van der Waals surface area (Å²) in [5, 5.41) is 0. The Morgan fingerprint density at radius 3 is 2.23 bits per heavy atom. The molecule has 0 saturated carbocycles. The third-order valence-electron chi connectivity index (χ3n) is 5.75. The minimum Gasteiger partial charge on any atom is -0.490 e. The van der Waals surface area contributed by atoms with Crippen LogP contribution < -0.4 is 4.74 Å². The lowest BCUT2D eigenvalue weighted by Crippen LogP contribution is -2.60. The van der Waals surface area contributed by atoms with E-state index < -0.39 is 5.54 Å². The van der Waals surface area contributed by atoms with Crippen LogP contribution in [0.2, 0.25) is 0 Å². The number of aryl methyl sites for hydroxylation is 2. The van der Waals surface area contributed by atoms with Crippen LogP contribution in [0.5, 0.6) is 5.75 Å². The summed E-state index contributed by atoms with van der Waals surface area (Å²) in [4.78, 5) is 17.4. The molecule has 2 aliphatic rings. The number of para-hydroxylation sites is 1. The number of ether oxygens (including phenoxy) is 2. The van der Waals surface area contributed by atoms with Crippen molar-refractivity contribution in [2.24, 2.45) is 0 Å². The lowest BCUT2D eigenvalue weighted by atomic mass is 9.97. The van der Waals surface area contributed by atoms with Crippen LogP contribution in [0.15, 0.2) is 18.2 Å². The van der Waals surface area contributed by atoms with E-state index in [0.717, 1.165) is 44.8 Å². The summed E-state index contributed by atoms with van der Waals surface area (Å²) in [5.41, 5.74) is 1.89. The van der Waals surface area contributed by atoms with E-state index >= 15 is 0 Å². The molecule has 26 heavy (non-hydrogen) atoms. The maximum Gasteiger partial charge on any atom is 0.242 e. The number of amides is 1. The van der Waals surface area contributed by atoms with Gasteiger partial charge in [0.1, 0.15) is 11.9 Å². The molecular weight excluding hydrogens is 328 g/mol. The van der Waals surface area contributed by atoms with Crippen molar-refractivity contribution in [3.05, 3.63) is 29.3 Å². The van der Waals surface area contributed by atoms with Gasteiger partial charge in [0, 0.05) is 39.0 Å². The highest BCUT2D eigenvalue weighted by molar-refractivity contribution is 5.85. The molecule has 0 radical (unpaired) electrons. The van der Waals surface area contributed by atoms with Crippen molar-refractivity contribution in [3.63, 3.8) is 0 Å². The van der Waals surface area contributed by atoms with Crippen molar-refractivity contribution in [2.45, 2.75) is 52.2 Å². The third-order valence-corrected chi connectivity index (χ3v) is 5.75. The number of carbonyl (C=O) groups is 1. The maximum absolute atomic E-state index is 13.1. The summed E-state index contributed by atoms with van der Waals surface area (Å²) in [6.45, 7) is 12.9. The minimum atomic E-state index is -0.468. The largest absolute Gasteiger partial charge is 0.490 e. The number of morpholine rings is 1. The first-order valence-corrected chi connectivity index (χ1v) is 9.74. The number of rotatable bonds is 4. The van der Waals surface area contributed by atoms with Gasteiger partial charge in [0.05, 0.1) is 18.8 Å². The van der Waals surface area contributed by atoms with Crippen LogP contribution in [0.4, 0.5) is 0 Å². The monoisotopic (exact) mass is 360 g/mol. The van der Waals surface area contributed by atoms with Gasteiger partial charge in [0.15, 0.2) is 0 Å². The van der Waals surface area contributed by atoms with Crippen LogP contribution in [0.25, 0.3) is 0 Å². The Balaban J connectivity index is 1.57. The second kappa shape index (κ2) is 7.97. The van der Waals surface area contributed by atoms with Crippen molar-refractivity contribution in [1.82, 2.24) is 9.80 Å². The molecule has 0 unspecified atom stereocenters. The van der Waals surface area contributed by atoms with Gasteiger partial charge >= 0.3 is 0 Å². The van der Waals surface area contributed by atoms with Crippen molar-refractivity contribution in [3.8, 4) is 5.75 Å². The van der Waals surface area contributed by atoms with Crippen LogP contribution in [-0.4, -0.2) is 66.7 Å². The van der Waals surface area contributed by atoms with Gasteiger partial charge in [-0.3, -0.25) is 9.69 Å². The Morgan fingerprint density at radius 2 is 1.65 bits per heavy atom. The highest BCUT2D eigenvalue weighted by Gasteiger charge is 2.39. The van der Waals surface area contributed by atoms with Crippen LogP contribution in [0.1, 0.15) is 37.8 Å². The Bertz CT molecular complexity index is 610. The average molecular weight is 360 g/mol. The fraction of sp³-hybridized carbons (Fsp3) is 0.667. The number of piperidine rings is 1. The molecule has 2 fully saturated rings. The predicted octanol–water partition coefficient (Wildman–Crippen LogP) is 2.78. The lowest BCUT2D eigenvalue weighted by Gasteiger charge is -2.43. The summed E-state index contributed by atoms with van der Waals surface area (Å²) in [6, 6.07) is 6.24. The van der Waals surface area contributed by atoms with Crippen molar-refractivity contribution in [1.29, 1.82) is 0 Å². The third kappa shape index (κ3) is 4.04. The quantitative estimate of drug-likeness (QED) is 0.828. The number of hydrogen-bond acceptors (Lipinski definition) is 4. The first-order valence-electron chi connectivity index (χ1n) is 9.74. The van der Waals surface area contributed by atoms with Crippen molar-refractivity contribution < 1.29 is 14.3 Å². The highest BCUT2D eigenvalue weighted by Crippen LogP contribution is 2.27. The van der Waals surface area contributed by atoms with Gasteiger partial charge in [0.2, 0.25) is 5.91 Å². The van der Waals surface area contributed by atoms with Gasteiger partial charge in [-0.15, -0.1) is 0 Å². The first-order chi connectivity index (χ1) is 12.4. The van der Waals surface area contributed by atoms with Crippen molar-refractivity contribution >= 4 is 5.91 Å². The molecule has 0 N–H and O–H groups in total. The maximum atomic E-state index is 13.1. The Labute approximate surface area is 157 Å². The van der Waals surface area contributed by atoms with Gasteiger partial charge < -0.3 is 14.4 Å². The van der Waals surface area contributed by atoms with Crippen LogP contribution in [-0.2, 0) is 9.53 Å². The highest BCUT2D eigenvalue weighted by atomic mass is 16.5. The molecule has 0 bridgehead atoms. The number of carbonyl (C=O) groups excluding carboxylic acids is 1. The number of benzene rings is 1. The molecule has 0 spiro atoms. The zero-order chi connectivity index (χ0) is 18.7. The minimum absolute atomic E-state index is 0.186. The van der Waals surface area contributed by atoms with Crippen molar-refractivity contribution in [2.75, 3.05) is 39.4 Å². The second-order valence-electron chi connectivity index (χ2n) is 7.99. The molecule has 2 saturated heterocycles. The molecule has 144 valence electrons. The molecule has 1 aromatic carbocycles. The molecule has 2 heterocycles. The molecule has 0 aliphatic carbocycles. The van der Waals surface area contributed by atoms with Gasteiger partial charge in [-0.25, -0.2) is 0 Å². The van der Waals surface area contributed by atoms with Crippen LogP contribution in [0, 0.1) is 13.8 Å². The van der Waals surface area contributed by atoms with Gasteiger partial charge in [-0.2, -0.15) is 0 Å². The van der Waals surface area contributed by atoms with E-state index in [2.05, 4.69) is 36.9 Å². The fourth-order valence-corrected chi connectivity index (χ4v) is 3.97. The molecule has 5 nitrogen and oxygen atoms in total. The molecule has 5 heteroatoms. The normalized spacial score (nSPS) is 20.2. The fourth-order valence-electron chi connectivity index (χ4n) is 3.97. The molecule has 2 aliphatic heterocycles. The smallest absolute Gasteiger partial charge is 0.242 e. The lowest BCUT2D eigenvalue weighted by molar-refractivity contribution is -0.147. The van der Waals surface area contributed by atoms with E-state index in [-0.39, 0.29) is 12.0 Å². The predicted molar refractivity (Wildman–Crippen MR) is 103 cm³/mol. The van der Waals surface area contributed by atoms with E-state index in [1.807, 2.05) is 18.7 Å². The molecule has 1 aromatic rings. The Hall–Kier alpha value is -1.59. The first kappa shape index (κ1) is 19.2. The molecule has 0 atom stereocenters. The van der Waals surface area contributed by atoms with Crippen LogP contribution in [0.3, 0.4) is 0 Å². The van der Waals surface area contributed by atoms with E-state index in [9.17, 15) is 4.79 Å². The second-order valence-corrected chi connectivity index (χ2v) is 7.99. The molecule has 1 amide bonds. The molecule has 0 aromatic heterocycles. The van der Waals surface area contributed by atoms with E-state index in [4.69, 9.17) is 9.47 Å². The Kier molecular flexibility index (Phi) is 5.88. The van der Waals surface area contributed by atoms with Gasteiger partial charge in [-0.05, 0) is 38.8 Å². The summed E-state index contributed by atoms with van der Waals surface area (Å²) in [7, 11) is 0. The SMILES string of the molecule is Cc1cccc(C)c1OC1CCN(C(=O)C(C)(C)N2CCOCC2)CC1. The standard InChI is InChI=1S/C21H32N2O3/c1-16-6-5-7-17(2)19(16)26-18-8-10-22(11-9-18)20(24)21(3,4)23-12-14-25-15-13-23/h5-7,18H,8-15H2,1-4H3. The summed E-state index contributed by atoms with van der Waals surface area (Å²) >= 11 is 0. The van der Waals surface area contributed by atoms with E-state index in [1.165, 1.54) is 11.1 Å². The molecule has 3 rings (SSSR count). The van der Waals surface area contributed by atoms with Gasteiger partial charge in [0.25, 0.3) is 0 Å². The summed E-state index contributed by atoms with van der Waals surface area (Å²) < 4.78 is 11.7. The topological polar surface area (TPSA) is 42.0 Å². The number of likely N-dealkylation sites (tertiary alicyclic amines) is 1. The van der Waals surface area contributed by atoms with E-state index in [0.29, 0.717) is 13.2 Å². The van der Waals surface area contributed by atoms with E-state index in [1.54, 1.807) is 0 Å². The number of nitrogens with zero attached hydrogens (tertiary/aromatic N) is 2. The number of hydrogen-bond donors (Lipinski definition) is 0. The zero-order valence-electron chi connectivity index (χ0n) is 16.6. The zero-order valence-corrected chi connectivity index (χ0v) is 16.6. The average Bonchev–Trinajstić information content (AvgIpc) is 2.65. The Morgan fingerprint density at radius 1 is 1.08 bits per heavy atom. The summed E-state index contributed by atoms with van der Waals surface area (Å²) in [5.74, 6) is 1.23. The van der Waals surface area contributed by atoms with Gasteiger partial charge in [-0.1, -0.05) is 18.2 Å².